The van der Waals surface area contributed by atoms with Crippen molar-refractivity contribution in [2.45, 2.75) is 13.0 Å². The van der Waals surface area contributed by atoms with Gasteiger partial charge in [0.15, 0.2) is 11.6 Å². The lowest BCUT2D eigenvalue weighted by Crippen LogP contribution is -2.16. The molecule has 1 nitrogen and oxygen atoms in total. The van der Waals surface area contributed by atoms with Crippen LogP contribution in [-0.4, -0.2) is 7.05 Å². The standard InChI is InChI=1S/C13H12BrF2NS/c1-7-5-11(18-13(7)14)12(17-2)8-3-4-9(15)10(16)6-8/h3-6,12,17H,1-2H3. The minimum absolute atomic E-state index is 0.130. The molecule has 2 rings (SSSR count). The first kappa shape index (κ1) is 13.6. The van der Waals surface area contributed by atoms with Crippen LogP contribution >= 0.6 is 27.3 Å². The third-order valence-electron chi connectivity index (χ3n) is 2.73. The third-order valence-corrected chi connectivity index (χ3v) is 4.93. The van der Waals surface area contributed by atoms with Crippen LogP contribution in [0, 0.1) is 18.6 Å². The van der Waals surface area contributed by atoms with Gasteiger partial charge in [0.2, 0.25) is 0 Å². The zero-order valence-corrected chi connectivity index (χ0v) is 12.3. The summed E-state index contributed by atoms with van der Waals surface area (Å²) in [4.78, 5) is 1.06. The second kappa shape index (κ2) is 5.47. The van der Waals surface area contributed by atoms with Gasteiger partial charge in [-0.15, -0.1) is 11.3 Å². The Labute approximate surface area is 117 Å². The highest BCUT2D eigenvalue weighted by Gasteiger charge is 2.17. The first-order valence-electron chi connectivity index (χ1n) is 5.41. The minimum atomic E-state index is -0.822. The summed E-state index contributed by atoms with van der Waals surface area (Å²) in [5.74, 6) is -1.64. The number of thiophene rings is 1. The molecule has 1 unspecified atom stereocenters. The first-order valence-corrected chi connectivity index (χ1v) is 7.02. The maximum absolute atomic E-state index is 13.3. The summed E-state index contributed by atoms with van der Waals surface area (Å²) < 4.78 is 27.3. The number of rotatable bonds is 3. The average Bonchev–Trinajstić information content (AvgIpc) is 2.65. The highest BCUT2D eigenvalue weighted by atomic mass is 79.9. The van der Waals surface area contributed by atoms with Crippen LogP contribution in [0.1, 0.15) is 22.0 Å². The van der Waals surface area contributed by atoms with Crippen LogP contribution in [0.4, 0.5) is 8.78 Å². The van der Waals surface area contributed by atoms with E-state index in [1.807, 2.05) is 13.0 Å². The summed E-state index contributed by atoms with van der Waals surface area (Å²) in [6.45, 7) is 2.00. The Morgan fingerprint density at radius 3 is 2.44 bits per heavy atom. The molecular weight excluding hydrogens is 320 g/mol. The van der Waals surface area contributed by atoms with E-state index in [0.29, 0.717) is 5.56 Å². The Kier molecular flexibility index (Phi) is 4.14. The van der Waals surface area contributed by atoms with E-state index in [2.05, 4.69) is 21.2 Å². The molecule has 1 heterocycles. The molecule has 1 aromatic heterocycles. The van der Waals surface area contributed by atoms with Crippen molar-refractivity contribution in [1.82, 2.24) is 5.32 Å². The minimum Gasteiger partial charge on any atom is -0.309 e. The second-order valence-electron chi connectivity index (χ2n) is 4.00. The molecular formula is C13H12BrF2NS. The van der Waals surface area contributed by atoms with Gasteiger partial charge in [0, 0.05) is 4.88 Å². The monoisotopic (exact) mass is 331 g/mol. The van der Waals surface area contributed by atoms with E-state index in [-0.39, 0.29) is 6.04 Å². The number of hydrogen-bond acceptors (Lipinski definition) is 2. The summed E-state index contributed by atoms with van der Waals surface area (Å²) in [6, 6.07) is 5.90. The van der Waals surface area contributed by atoms with Crippen LogP contribution < -0.4 is 5.32 Å². The summed E-state index contributed by atoms with van der Waals surface area (Å²) in [6.07, 6.45) is 0. The van der Waals surface area contributed by atoms with Crippen LogP contribution in [-0.2, 0) is 0 Å². The molecule has 2 aromatic rings. The molecule has 0 bridgehead atoms. The van der Waals surface area contributed by atoms with E-state index in [1.54, 1.807) is 24.5 Å². The van der Waals surface area contributed by atoms with Crippen LogP contribution in [0.5, 0.6) is 0 Å². The molecule has 0 spiro atoms. The lowest BCUT2D eigenvalue weighted by Gasteiger charge is -2.15. The van der Waals surface area contributed by atoms with Gasteiger partial charge < -0.3 is 5.32 Å². The second-order valence-corrected chi connectivity index (χ2v) is 6.40. The number of benzene rings is 1. The smallest absolute Gasteiger partial charge is 0.159 e. The van der Waals surface area contributed by atoms with E-state index in [4.69, 9.17) is 0 Å². The van der Waals surface area contributed by atoms with Gasteiger partial charge in [-0.3, -0.25) is 0 Å². The van der Waals surface area contributed by atoms with Crippen molar-refractivity contribution in [3.8, 4) is 0 Å². The fourth-order valence-corrected chi connectivity index (χ4v) is 3.50. The Bertz CT molecular complexity index is 549. The van der Waals surface area contributed by atoms with Crippen LogP contribution in [0.3, 0.4) is 0 Å². The maximum Gasteiger partial charge on any atom is 0.159 e. The van der Waals surface area contributed by atoms with Crippen molar-refractivity contribution in [3.05, 3.63) is 55.7 Å². The summed E-state index contributed by atoms with van der Waals surface area (Å²) in [5.41, 5.74) is 1.85. The largest absolute Gasteiger partial charge is 0.309 e. The molecule has 0 aliphatic heterocycles. The Balaban J connectivity index is 2.41. The van der Waals surface area contributed by atoms with Crippen molar-refractivity contribution < 1.29 is 8.78 Å². The van der Waals surface area contributed by atoms with Gasteiger partial charge in [-0.1, -0.05) is 6.07 Å². The quantitative estimate of drug-likeness (QED) is 0.878. The van der Waals surface area contributed by atoms with Crippen LogP contribution in [0.25, 0.3) is 0 Å². The summed E-state index contributed by atoms with van der Waals surface area (Å²) in [7, 11) is 1.80. The Morgan fingerprint density at radius 1 is 1.22 bits per heavy atom. The molecule has 18 heavy (non-hydrogen) atoms. The van der Waals surface area contributed by atoms with Gasteiger partial charge in [0.25, 0.3) is 0 Å². The SMILES string of the molecule is CNC(c1ccc(F)c(F)c1)c1cc(C)c(Br)s1. The van der Waals surface area contributed by atoms with E-state index in [0.717, 1.165) is 20.3 Å². The fourth-order valence-electron chi connectivity index (χ4n) is 1.79. The predicted octanol–water partition coefficient (Wildman–Crippen LogP) is 4.41. The number of hydrogen-bond donors (Lipinski definition) is 1. The number of halogens is 3. The molecule has 0 amide bonds. The third kappa shape index (κ3) is 2.63. The lowest BCUT2D eigenvalue weighted by atomic mass is 10.0. The van der Waals surface area contributed by atoms with Gasteiger partial charge in [0.1, 0.15) is 0 Å². The zero-order valence-electron chi connectivity index (χ0n) is 9.93. The van der Waals surface area contributed by atoms with E-state index in [1.165, 1.54) is 6.07 Å². The van der Waals surface area contributed by atoms with Crippen molar-refractivity contribution in [1.29, 1.82) is 0 Å². The highest BCUT2D eigenvalue weighted by molar-refractivity contribution is 9.11. The Hall–Kier alpha value is -0.780. The number of aryl methyl sites for hydroxylation is 1. The predicted molar refractivity (Wildman–Crippen MR) is 74.0 cm³/mol. The molecule has 0 aliphatic carbocycles. The first-order chi connectivity index (χ1) is 8.52. The molecule has 1 aromatic carbocycles. The Morgan fingerprint density at radius 2 is 1.94 bits per heavy atom. The van der Waals surface area contributed by atoms with Gasteiger partial charge in [0.05, 0.1) is 9.83 Å². The van der Waals surface area contributed by atoms with Crippen LogP contribution in [0.15, 0.2) is 28.1 Å². The van der Waals surface area contributed by atoms with Crippen molar-refractivity contribution in [2.75, 3.05) is 7.05 Å². The zero-order chi connectivity index (χ0) is 13.3. The lowest BCUT2D eigenvalue weighted by molar-refractivity contribution is 0.505. The van der Waals surface area contributed by atoms with Crippen molar-refractivity contribution in [2.24, 2.45) is 0 Å². The molecule has 1 N–H and O–H groups in total. The van der Waals surface area contributed by atoms with E-state index in [9.17, 15) is 8.78 Å². The molecule has 0 radical (unpaired) electrons. The van der Waals surface area contributed by atoms with Crippen LogP contribution in [0.2, 0.25) is 0 Å². The summed E-state index contributed by atoms with van der Waals surface area (Å²) in [5, 5.41) is 3.12. The molecule has 0 saturated heterocycles. The maximum atomic E-state index is 13.3. The summed E-state index contributed by atoms with van der Waals surface area (Å²) >= 11 is 5.06. The molecule has 96 valence electrons. The van der Waals surface area contributed by atoms with Gasteiger partial charge in [-0.05, 0) is 59.2 Å². The van der Waals surface area contributed by atoms with E-state index < -0.39 is 11.6 Å². The molecule has 5 heteroatoms. The number of nitrogens with one attached hydrogen (secondary N) is 1. The normalized spacial score (nSPS) is 12.7. The molecule has 0 saturated carbocycles. The molecule has 0 aliphatic rings. The average molecular weight is 332 g/mol. The van der Waals surface area contributed by atoms with Gasteiger partial charge in [-0.25, -0.2) is 8.78 Å². The van der Waals surface area contributed by atoms with Gasteiger partial charge >= 0.3 is 0 Å². The highest BCUT2D eigenvalue weighted by Crippen LogP contribution is 2.34. The van der Waals surface area contributed by atoms with Gasteiger partial charge in [-0.2, -0.15) is 0 Å². The fraction of sp³-hybridized carbons (Fsp3) is 0.231. The molecule has 1 atom stereocenters. The van der Waals surface area contributed by atoms with E-state index >= 15 is 0 Å². The molecule has 0 fully saturated rings. The van der Waals surface area contributed by atoms with Crippen molar-refractivity contribution >= 4 is 27.3 Å². The van der Waals surface area contributed by atoms with Crippen molar-refractivity contribution in [3.63, 3.8) is 0 Å². The topological polar surface area (TPSA) is 12.0 Å².